The molecule has 7 heteroatoms. The van der Waals surface area contributed by atoms with E-state index in [0.717, 1.165) is 23.9 Å². The molecule has 1 aromatic heterocycles. The number of carbonyl (C=O) groups is 1. The maximum atomic E-state index is 13.9. The fraction of sp³-hybridized carbons (Fsp3) is 0.150. The lowest BCUT2D eigenvalue weighted by Crippen LogP contribution is -2.07. The smallest absolute Gasteiger partial charge is 0.300 e. The van der Waals surface area contributed by atoms with Crippen LogP contribution in [0.3, 0.4) is 0 Å². The molecule has 0 amide bonds. The first-order valence-electron chi connectivity index (χ1n) is 8.24. The maximum Gasteiger partial charge on any atom is 0.300 e. The van der Waals surface area contributed by atoms with Gasteiger partial charge >= 0.3 is 0 Å². The molecule has 0 saturated carbocycles. The van der Waals surface area contributed by atoms with Gasteiger partial charge < -0.3 is 10.2 Å². The molecule has 2 aromatic carbocycles. The third-order valence-corrected chi connectivity index (χ3v) is 3.86. The first-order chi connectivity index (χ1) is 12.9. The Bertz CT molecular complexity index is 1010. The van der Waals surface area contributed by atoms with Gasteiger partial charge in [0.15, 0.2) is 5.82 Å². The molecule has 1 atom stereocenters. The average molecular weight is 367 g/mol. The summed E-state index contributed by atoms with van der Waals surface area (Å²) >= 11 is 0. The van der Waals surface area contributed by atoms with Gasteiger partial charge in [-0.15, -0.1) is 0 Å². The lowest BCUT2D eigenvalue weighted by molar-refractivity contribution is -0.134. The number of carboxylic acids is 1. The molecule has 2 N–H and O–H groups in total. The summed E-state index contributed by atoms with van der Waals surface area (Å²) in [6, 6.07) is 14.0. The summed E-state index contributed by atoms with van der Waals surface area (Å²) in [5, 5.41) is 17.9. The van der Waals surface area contributed by atoms with Crippen LogP contribution in [0, 0.1) is 12.7 Å². The van der Waals surface area contributed by atoms with Gasteiger partial charge in [-0.1, -0.05) is 30.3 Å². The molecule has 0 fully saturated rings. The molecule has 6 nitrogen and oxygen atoms in total. The van der Waals surface area contributed by atoms with Gasteiger partial charge in [-0.25, -0.2) is 14.4 Å². The number of aromatic nitrogens is 2. The van der Waals surface area contributed by atoms with Crippen LogP contribution in [0.1, 0.15) is 35.8 Å². The van der Waals surface area contributed by atoms with Gasteiger partial charge in [0.05, 0.1) is 17.1 Å². The number of rotatable bonds is 1. The van der Waals surface area contributed by atoms with E-state index in [1.807, 2.05) is 43.5 Å². The minimum atomic E-state index is -1.10. The Morgan fingerprint density at radius 3 is 2.52 bits per heavy atom. The number of benzene rings is 2. The van der Waals surface area contributed by atoms with Gasteiger partial charge in [0.1, 0.15) is 5.82 Å². The van der Waals surface area contributed by atoms with Crippen molar-refractivity contribution in [2.45, 2.75) is 20.1 Å². The minimum Gasteiger partial charge on any atom is -0.481 e. The molecule has 138 valence electrons. The van der Waals surface area contributed by atoms with Crippen molar-refractivity contribution >= 4 is 11.7 Å². The van der Waals surface area contributed by atoms with E-state index in [1.54, 1.807) is 10.6 Å². The van der Waals surface area contributed by atoms with Crippen LogP contribution >= 0.6 is 0 Å². The highest BCUT2D eigenvalue weighted by Gasteiger charge is 2.25. The zero-order valence-electron chi connectivity index (χ0n) is 14.8. The number of aliphatic hydroxyl groups excluding tert-OH is 1. The molecule has 0 radical (unpaired) electrons. The number of hydrogen-bond acceptors (Lipinski definition) is 4. The number of imidazole rings is 1. The summed E-state index contributed by atoms with van der Waals surface area (Å²) in [7, 11) is 0. The molecule has 0 aliphatic carbocycles. The highest BCUT2D eigenvalue weighted by atomic mass is 19.1. The maximum absolute atomic E-state index is 13.9. The molecule has 4 rings (SSSR count). The lowest BCUT2D eigenvalue weighted by Gasteiger charge is -2.11. The zero-order valence-corrected chi connectivity index (χ0v) is 14.8. The number of hydrogen-bond donors (Lipinski definition) is 2. The van der Waals surface area contributed by atoms with Crippen LogP contribution in [0.2, 0.25) is 0 Å². The molecule has 27 heavy (non-hydrogen) atoms. The van der Waals surface area contributed by atoms with Gasteiger partial charge in [-0.3, -0.25) is 9.36 Å². The fourth-order valence-corrected chi connectivity index (χ4v) is 2.88. The van der Waals surface area contributed by atoms with Gasteiger partial charge in [0, 0.05) is 24.2 Å². The molecule has 1 aliphatic rings. The number of nitrogens with zero attached hydrogens (tertiary/aromatic N) is 3. The Kier molecular flexibility index (Phi) is 5.14. The second kappa shape index (κ2) is 7.51. The minimum absolute atomic E-state index is 0.345. The number of carboxylic acid groups (broad SMARTS) is 1. The Morgan fingerprint density at radius 2 is 1.85 bits per heavy atom. The molecule has 0 bridgehead atoms. The largest absolute Gasteiger partial charge is 0.481 e. The number of aliphatic carboxylic acids is 1. The zero-order chi connectivity index (χ0) is 19.6. The van der Waals surface area contributed by atoms with Crippen LogP contribution in [-0.2, 0) is 4.79 Å². The van der Waals surface area contributed by atoms with Crippen molar-refractivity contribution in [3.8, 4) is 5.69 Å². The molecule has 2 heterocycles. The highest BCUT2D eigenvalue weighted by Crippen LogP contribution is 2.29. The molecular formula is C20H18FN3O3. The Balaban J connectivity index is 0.000000481. The van der Waals surface area contributed by atoms with E-state index in [4.69, 9.17) is 9.90 Å². The number of aliphatic imine (C=N–C) groups is 1. The van der Waals surface area contributed by atoms with E-state index in [-0.39, 0.29) is 5.82 Å². The van der Waals surface area contributed by atoms with Crippen molar-refractivity contribution < 1.29 is 19.4 Å². The molecule has 3 aromatic rings. The van der Waals surface area contributed by atoms with Crippen LogP contribution in [0.15, 0.2) is 59.7 Å². The summed E-state index contributed by atoms with van der Waals surface area (Å²) < 4.78 is 15.6. The summed E-state index contributed by atoms with van der Waals surface area (Å²) in [5.74, 6) is -0.747. The number of aliphatic hydroxyl groups is 1. The van der Waals surface area contributed by atoms with E-state index in [9.17, 15) is 9.50 Å². The van der Waals surface area contributed by atoms with Gasteiger partial charge in [0.2, 0.25) is 6.23 Å². The van der Waals surface area contributed by atoms with Crippen LogP contribution in [-0.4, -0.2) is 31.4 Å². The third-order valence-electron chi connectivity index (χ3n) is 3.86. The monoisotopic (exact) mass is 367 g/mol. The second-order valence-corrected chi connectivity index (χ2v) is 6.01. The van der Waals surface area contributed by atoms with Crippen LogP contribution in [0.25, 0.3) is 5.69 Å². The van der Waals surface area contributed by atoms with Gasteiger partial charge in [-0.2, -0.15) is 0 Å². The molecule has 1 aliphatic heterocycles. The quantitative estimate of drug-likeness (QED) is 0.691. The fourth-order valence-electron chi connectivity index (χ4n) is 2.88. The van der Waals surface area contributed by atoms with Gasteiger partial charge in [-0.05, 0) is 25.1 Å². The first-order valence-corrected chi connectivity index (χ1v) is 8.24. The standard InChI is InChI=1S/C18H14FN3O.C2H4O2/c1-11-10-22-15-8-7-13(19)9-14(15)16(12-5-3-2-4-6-12)21-18(23)17(22)20-11;1-2(3)4/h2-10,18,23H,1H3;1H3,(H,3,4). The van der Waals surface area contributed by atoms with E-state index in [0.29, 0.717) is 17.1 Å². The second-order valence-electron chi connectivity index (χ2n) is 6.01. The average Bonchev–Trinajstić information content (AvgIpc) is 2.97. The van der Waals surface area contributed by atoms with Crippen LogP contribution in [0.4, 0.5) is 4.39 Å². The summed E-state index contributed by atoms with van der Waals surface area (Å²) in [4.78, 5) is 17.8. The summed E-state index contributed by atoms with van der Waals surface area (Å²) in [5.41, 5.74) is 3.52. The topological polar surface area (TPSA) is 87.7 Å². The number of aryl methyl sites for hydroxylation is 1. The molecular weight excluding hydrogens is 349 g/mol. The Hall–Kier alpha value is -3.32. The molecule has 0 spiro atoms. The predicted molar refractivity (Wildman–Crippen MR) is 98.6 cm³/mol. The lowest BCUT2D eigenvalue weighted by atomic mass is 10.0. The number of fused-ring (bicyclic) bond motifs is 3. The summed E-state index contributed by atoms with van der Waals surface area (Å²) in [6.45, 7) is 2.93. The van der Waals surface area contributed by atoms with Crippen molar-refractivity contribution in [3.63, 3.8) is 0 Å². The predicted octanol–water partition coefficient (Wildman–Crippen LogP) is 3.25. The van der Waals surface area contributed by atoms with Crippen LogP contribution < -0.4 is 0 Å². The van der Waals surface area contributed by atoms with Crippen molar-refractivity contribution in [3.05, 3.63) is 83.2 Å². The van der Waals surface area contributed by atoms with Crippen LogP contribution in [0.5, 0.6) is 0 Å². The van der Waals surface area contributed by atoms with Crippen molar-refractivity contribution in [1.29, 1.82) is 0 Å². The Morgan fingerprint density at radius 1 is 1.19 bits per heavy atom. The van der Waals surface area contributed by atoms with Crippen molar-refractivity contribution in [2.75, 3.05) is 0 Å². The number of halogens is 1. The van der Waals surface area contributed by atoms with E-state index >= 15 is 0 Å². The van der Waals surface area contributed by atoms with E-state index in [1.165, 1.54) is 12.1 Å². The molecule has 0 saturated heterocycles. The molecule has 1 unspecified atom stereocenters. The van der Waals surface area contributed by atoms with Crippen molar-refractivity contribution in [1.82, 2.24) is 9.55 Å². The SMILES string of the molecule is CC(=O)O.Cc1cn2c(n1)C(O)N=C(c1ccccc1)c1cc(F)ccc1-2. The van der Waals surface area contributed by atoms with Crippen molar-refractivity contribution in [2.24, 2.45) is 4.99 Å². The third kappa shape index (κ3) is 3.93. The van der Waals surface area contributed by atoms with E-state index in [2.05, 4.69) is 9.98 Å². The first kappa shape index (κ1) is 18.5. The normalized spacial score (nSPS) is 14.8. The van der Waals surface area contributed by atoms with Gasteiger partial charge in [0.25, 0.3) is 5.97 Å². The summed E-state index contributed by atoms with van der Waals surface area (Å²) in [6.07, 6.45) is 0.716. The highest BCUT2D eigenvalue weighted by molar-refractivity contribution is 6.15. The van der Waals surface area contributed by atoms with E-state index < -0.39 is 12.2 Å². The Labute approximate surface area is 155 Å².